The third-order valence-electron chi connectivity index (χ3n) is 12.1. The van der Waals surface area contributed by atoms with Gasteiger partial charge in [-0.3, -0.25) is 14.4 Å². The van der Waals surface area contributed by atoms with Gasteiger partial charge in [0.05, 0.1) is 0 Å². The maximum Gasteiger partial charge on any atom is 0.306 e. The lowest BCUT2D eigenvalue weighted by Gasteiger charge is -2.18. The number of carbonyl (C=O) groups excluding carboxylic acids is 3. The fourth-order valence-electron chi connectivity index (χ4n) is 7.86. The van der Waals surface area contributed by atoms with Crippen molar-refractivity contribution in [1.82, 2.24) is 0 Å². The molecule has 0 aliphatic heterocycles. The van der Waals surface area contributed by atoms with Crippen molar-refractivity contribution >= 4 is 17.9 Å². The average Bonchev–Trinajstić information content (AvgIpc) is 3.29. The van der Waals surface area contributed by atoms with Crippen LogP contribution in [-0.2, 0) is 28.6 Å². The lowest BCUT2D eigenvalue weighted by Crippen LogP contribution is -2.30. The van der Waals surface area contributed by atoms with E-state index in [4.69, 9.17) is 14.2 Å². The first-order chi connectivity index (χ1) is 31.5. The SMILES string of the molecule is CCCC/C=C\C=C/CCCCCC(=O)OCC(COC(=O)CCCCCCCCCCCCCCCCCCCC)OC(=O)CCCCCCCCC/C=C\C/C=C\CCCCC. The number of esters is 3. The van der Waals surface area contributed by atoms with Crippen molar-refractivity contribution < 1.29 is 28.6 Å². The van der Waals surface area contributed by atoms with Crippen LogP contribution in [0.2, 0.25) is 0 Å². The zero-order chi connectivity index (χ0) is 46.5. The van der Waals surface area contributed by atoms with Gasteiger partial charge >= 0.3 is 17.9 Å². The van der Waals surface area contributed by atoms with Crippen LogP contribution in [0.3, 0.4) is 0 Å². The fourth-order valence-corrected chi connectivity index (χ4v) is 7.86. The van der Waals surface area contributed by atoms with Gasteiger partial charge in [-0.15, -0.1) is 0 Å². The summed E-state index contributed by atoms with van der Waals surface area (Å²) < 4.78 is 16.8. The quantitative estimate of drug-likeness (QED) is 0.0199. The topological polar surface area (TPSA) is 78.9 Å². The summed E-state index contributed by atoms with van der Waals surface area (Å²) in [7, 11) is 0. The molecule has 0 fully saturated rings. The van der Waals surface area contributed by atoms with Gasteiger partial charge in [-0.25, -0.2) is 0 Å². The van der Waals surface area contributed by atoms with Gasteiger partial charge in [0, 0.05) is 19.3 Å². The van der Waals surface area contributed by atoms with Crippen molar-refractivity contribution in [2.45, 2.75) is 290 Å². The van der Waals surface area contributed by atoms with Crippen molar-refractivity contribution in [2.75, 3.05) is 13.2 Å². The van der Waals surface area contributed by atoms with E-state index in [9.17, 15) is 14.4 Å². The van der Waals surface area contributed by atoms with E-state index in [1.165, 1.54) is 161 Å². The van der Waals surface area contributed by atoms with Crippen molar-refractivity contribution in [2.24, 2.45) is 0 Å². The van der Waals surface area contributed by atoms with Gasteiger partial charge in [0.2, 0.25) is 0 Å². The molecular formula is C58H104O6. The molecule has 0 rings (SSSR count). The van der Waals surface area contributed by atoms with Gasteiger partial charge < -0.3 is 14.2 Å². The van der Waals surface area contributed by atoms with Crippen LogP contribution in [0.25, 0.3) is 0 Å². The molecule has 1 unspecified atom stereocenters. The molecule has 1 atom stereocenters. The van der Waals surface area contributed by atoms with E-state index in [1.807, 2.05) is 0 Å². The van der Waals surface area contributed by atoms with Crippen LogP contribution in [0.4, 0.5) is 0 Å². The lowest BCUT2D eigenvalue weighted by atomic mass is 10.0. The number of unbranched alkanes of at least 4 members (excludes halogenated alkanes) is 32. The number of hydrogen-bond donors (Lipinski definition) is 0. The monoisotopic (exact) mass is 897 g/mol. The Morgan fingerprint density at radius 1 is 0.328 bits per heavy atom. The Labute approximate surface area is 397 Å². The minimum Gasteiger partial charge on any atom is -0.462 e. The fraction of sp³-hybridized carbons (Fsp3) is 0.810. The molecule has 0 aliphatic carbocycles. The summed E-state index contributed by atoms with van der Waals surface area (Å²) in [5, 5.41) is 0. The normalized spacial score (nSPS) is 12.4. The smallest absolute Gasteiger partial charge is 0.306 e. The Balaban J connectivity index is 4.34. The molecule has 0 heterocycles. The molecule has 0 saturated heterocycles. The molecule has 0 saturated carbocycles. The van der Waals surface area contributed by atoms with Gasteiger partial charge in [0.25, 0.3) is 0 Å². The van der Waals surface area contributed by atoms with Crippen LogP contribution in [0.5, 0.6) is 0 Å². The number of hydrogen-bond acceptors (Lipinski definition) is 6. The lowest BCUT2D eigenvalue weighted by molar-refractivity contribution is -0.167. The van der Waals surface area contributed by atoms with Crippen LogP contribution in [0.1, 0.15) is 284 Å². The summed E-state index contributed by atoms with van der Waals surface area (Å²) in [6, 6.07) is 0. The number of rotatable bonds is 50. The molecule has 0 radical (unpaired) electrons. The van der Waals surface area contributed by atoms with E-state index in [0.717, 1.165) is 83.5 Å². The Morgan fingerprint density at radius 3 is 1.05 bits per heavy atom. The summed E-state index contributed by atoms with van der Waals surface area (Å²) in [5.74, 6) is -0.908. The van der Waals surface area contributed by atoms with Crippen LogP contribution in [0.15, 0.2) is 48.6 Å². The summed E-state index contributed by atoms with van der Waals surface area (Å²) in [5.41, 5.74) is 0. The molecule has 64 heavy (non-hydrogen) atoms. The van der Waals surface area contributed by atoms with E-state index in [-0.39, 0.29) is 31.1 Å². The summed E-state index contributed by atoms with van der Waals surface area (Å²) in [6.45, 7) is 6.56. The second-order valence-electron chi connectivity index (χ2n) is 18.5. The zero-order valence-electron chi connectivity index (χ0n) is 42.6. The predicted molar refractivity (Wildman–Crippen MR) is 275 cm³/mol. The maximum absolute atomic E-state index is 12.8. The minimum absolute atomic E-state index is 0.0823. The van der Waals surface area contributed by atoms with Crippen molar-refractivity contribution in [3.8, 4) is 0 Å². The number of ether oxygens (including phenoxy) is 3. The standard InChI is InChI=1S/C58H104O6/c1-4-7-10-13-16-19-22-24-26-28-30-31-33-36-39-42-45-48-51-57(60)63-54-55(53-62-56(59)50-47-44-41-38-35-21-18-15-12-9-6-3)64-58(61)52-49-46-43-40-37-34-32-29-27-25-23-20-17-14-11-8-5-2/h15,17-18,20-21,25,27,35,55H,4-14,16,19,22-24,26,28-34,36-54H2,1-3H3/b18-15-,20-17-,27-25-,35-21-. The molecule has 6 heteroatoms. The van der Waals surface area contributed by atoms with Crippen LogP contribution in [0, 0.1) is 0 Å². The zero-order valence-corrected chi connectivity index (χ0v) is 42.6. The van der Waals surface area contributed by atoms with Gasteiger partial charge in [0.1, 0.15) is 13.2 Å². The second-order valence-corrected chi connectivity index (χ2v) is 18.5. The summed E-state index contributed by atoms with van der Waals surface area (Å²) in [4.78, 5) is 38.0. The first-order valence-electron chi connectivity index (χ1n) is 27.7. The molecule has 0 N–H and O–H groups in total. The third kappa shape index (κ3) is 50.4. The number of allylic oxidation sites excluding steroid dienone is 8. The Kier molecular flexibility index (Phi) is 50.8. The van der Waals surface area contributed by atoms with Crippen LogP contribution >= 0.6 is 0 Å². The van der Waals surface area contributed by atoms with Gasteiger partial charge in [0.15, 0.2) is 6.10 Å². The van der Waals surface area contributed by atoms with E-state index < -0.39 is 6.10 Å². The second kappa shape index (κ2) is 53.0. The van der Waals surface area contributed by atoms with E-state index >= 15 is 0 Å². The molecule has 0 aliphatic rings. The van der Waals surface area contributed by atoms with Gasteiger partial charge in [-0.1, -0.05) is 243 Å². The molecule has 0 spiro atoms. The number of carbonyl (C=O) groups is 3. The molecule has 0 aromatic carbocycles. The Hall–Kier alpha value is -2.63. The van der Waals surface area contributed by atoms with Gasteiger partial charge in [-0.2, -0.15) is 0 Å². The van der Waals surface area contributed by atoms with E-state index in [1.54, 1.807) is 0 Å². The average molecular weight is 897 g/mol. The van der Waals surface area contributed by atoms with Crippen LogP contribution < -0.4 is 0 Å². The van der Waals surface area contributed by atoms with E-state index in [2.05, 4.69) is 69.4 Å². The molecule has 372 valence electrons. The first kappa shape index (κ1) is 61.4. The molecular weight excluding hydrogens is 793 g/mol. The molecule has 0 aromatic rings. The highest BCUT2D eigenvalue weighted by molar-refractivity contribution is 5.71. The van der Waals surface area contributed by atoms with Gasteiger partial charge in [-0.05, 0) is 70.6 Å². The first-order valence-corrected chi connectivity index (χ1v) is 27.7. The maximum atomic E-state index is 12.8. The highest BCUT2D eigenvalue weighted by atomic mass is 16.6. The largest absolute Gasteiger partial charge is 0.462 e. The summed E-state index contributed by atoms with van der Waals surface area (Å²) in [6.07, 6.45) is 63.9. The van der Waals surface area contributed by atoms with E-state index in [0.29, 0.717) is 19.3 Å². The predicted octanol–water partition coefficient (Wildman–Crippen LogP) is 18.3. The highest BCUT2D eigenvalue weighted by Crippen LogP contribution is 2.16. The molecule has 0 bridgehead atoms. The summed E-state index contributed by atoms with van der Waals surface area (Å²) >= 11 is 0. The third-order valence-corrected chi connectivity index (χ3v) is 12.1. The van der Waals surface area contributed by atoms with Crippen molar-refractivity contribution in [1.29, 1.82) is 0 Å². The van der Waals surface area contributed by atoms with Crippen molar-refractivity contribution in [3.63, 3.8) is 0 Å². The Morgan fingerprint density at radius 2 is 0.625 bits per heavy atom. The van der Waals surface area contributed by atoms with Crippen molar-refractivity contribution in [3.05, 3.63) is 48.6 Å². The molecule has 0 amide bonds. The highest BCUT2D eigenvalue weighted by Gasteiger charge is 2.19. The molecule has 0 aromatic heterocycles. The molecule has 6 nitrogen and oxygen atoms in total. The minimum atomic E-state index is -0.785. The van der Waals surface area contributed by atoms with Crippen LogP contribution in [-0.4, -0.2) is 37.2 Å². The Bertz CT molecular complexity index is 1120.